The van der Waals surface area contributed by atoms with Gasteiger partial charge in [0.15, 0.2) is 0 Å². The first-order valence-corrected chi connectivity index (χ1v) is 7.35. The van der Waals surface area contributed by atoms with E-state index in [0.717, 1.165) is 10.2 Å². The lowest BCUT2D eigenvalue weighted by Gasteiger charge is -2.14. The Bertz CT molecular complexity index is 641. The molecule has 21 heavy (non-hydrogen) atoms. The number of carboxylic acids is 1. The molecule has 0 aliphatic rings. The molecule has 1 heterocycles. The molecule has 0 spiro atoms. The molecule has 1 aromatic heterocycles. The minimum Gasteiger partial charge on any atom is -0.480 e. The van der Waals surface area contributed by atoms with Crippen molar-refractivity contribution >= 4 is 33.4 Å². The second kappa shape index (κ2) is 7.14. The number of carbonyl (C=O) groups excluding carboxylic acids is 1. The number of carbonyl (C=O) groups is 2. The van der Waals surface area contributed by atoms with Crippen molar-refractivity contribution in [2.45, 2.75) is 18.9 Å². The van der Waals surface area contributed by atoms with Crippen LogP contribution in [0.3, 0.4) is 0 Å². The largest absolute Gasteiger partial charge is 0.480 e. The normalized spacial score (nSPS) is 12.2. The Labute approximate surface area is 125 Å². The van der Waals surface area contributed by atoms with E-state index >= 15 is 0 Å². The Balaban J connectivity index is 2.05. The van der Waals surface area contributed by atoms with Crippen LogP contribution in [-0.4, -0.2) is 41.7 Å². The molecule has 1 amide bonds. The summed E-state index contributed by atoms with van der Waals surface area (Å²) in [4.78, 5) is 27.4. The van der Waals surface area contributed by atoms with Gasteiger partial charge < -0.3 is 15.2 Å². The Kier molecular flexibility index (Phi) is 5.24. The molecule has 0 saturated carbocycles. The van der Waals surface area contributed by atoms with Gasteiger partial charge in [-0.05, 0) is 31.0 Å². The molecular weight excluding hydrogens is 292 g/mol. The van der Waals surface area contributed by atoms with Crippen LogP contribution < -0.4 is 5.32 Å². The Morgan fingerprint density at radius 1 is 1.48 bits per heavy atom. The third kappa shape index (κ3) is 3.99. The van der Waals surface area contributed by atoms with Crippen LogP contribution in [0.15, 0.2) is 23.7 Å². The average molecular weight is 308 g/mol. The highest BCUT2D eigenvalue weighted by Crippen LogP contribution is 2.19. The van der Waals surface area contributed by atoms with Gasteiger partial charge in [0.25, 0.3) is 5.91 Å². The molecule has 1 atom stereocenters. The minimum absolute atomic E-state index is 0.331. The molecule has 0 aliphatic carbocycles. The molecule has 0 bridgehead atoms. The predicted octanol–water partition coefficient (Wildman–Crippen LogP) is 1.91. The van der Waals surface area contributed by atoms with E-state index in [4.69, 9.17) is 9.84 Å². The molecule has 2 aromatic rings. The molecule has 6 nitrogen and oxygen atoms in total. The number of methoxy groups -OCH3 is 1. The van der Waals surface area contributed by atoms with Crippen LogP contribution in [0.4, 0.5) is 0 Å². The van der Waals surface area contributed by atoms with E-state index in [2.05, 4.69) is 10.3 Å². The van der Waals surface area contributed by atoms with Crippen LogP contribution in [0.1, 0.15) is 23.2 Å². The topological polar surface area (TPSA) is 88.5 Å². The van der Waals surface area contributed by atoms with Gasteiger partial charge >= 0.3 is 5.97 Å². The van der Waals surface area contributed by atoms with Crippen molar-refractivity contribution in [3.8, 4) is 0 Å². The second-order valence-corrected chi connectivity index (χ2v) is 5.42. The highest BCUT2D eigenvalue weighted by molar-refractivity contribution is 7.16. The van der Waals surface area contributed by atoms with Crippen molar-refractivity contribution in [1.29, 1.82) is 0 Å². The molecule has 7 heteroatoms. The summed E-state index contributed by atoms with van der Waals surface area (Å²) in [6.07, 6.45) is 0.902. The molecule has 0 fully saturated rings. The first-order chi connectivity index (χ1) is 10.1. The van der Waals surface area contributed by atoms with Gasteiger partial charge in [0.05, 0.1) is 15.7 Å². The summed E-state index contributed by atoms with van der Waals surface area (Å²) < 4.78 is 5.79. The smallest absolute Gasteiger partial charge is 0.326 e. The highest BCUT2D eigenvalue weighted by atomic mass is 32.1. The van der Waals surface area contributed by atoms with Gasteiger partial charge in [-0.3, -0.25) is 4.79 Å². The number of aliphatic carboxylic acids is 1. The minimum atomic E-state index is -1.04. The maximum atomic E-state index is 12.1. The number of hydrogen-bond donors (Lipinski definition) is 2. The van der Waals surface area contributed by atoms with E-state index in [1.54, 1.807) is 30.8 Å². The first kappa shape index (κ1) is 15.4. The summed E-state index contributed by atoms with van der Waals surface area (Å²) in [6.45, 7) is 0.465. The standard InChI is InChI=1S/C14H16N2O4S/c1-20-6-2-3-11(14(18)19)16-13(17)9-4-5-10-12(7-9)21-8-15-10/h4-5,7-8,11H,2-3,6H2,1H3,(H,16,17)(H,18,19). The van der Waals surface area contributed by atoms with E-state index < -0.39 is 17.9 Å². The number of amides is 1. The fourth-order valence-corrected chi connectivity index (χ4v) is 2.64. The zero-order valence-corrected chi connectivity index (χ0v) is 12.4. The number of nitrogens with zero attached hydrogens (tertiary/aromatic N) is 1. The van der Waals surface area contributed by atoms with Crippen molar-refractivity contribution in [2.75, 3.05) is 13.7 Å². The van der Waals surface area contributed by atoms with Crippen molar-refractivity contribution < 1.29 is 19.4 Å². The summed E-state index contributed by atoms with van der Waals surface area (Å²) in [7, 11) is 1.55. The van der Waals surface area contributed by atoms with Crippen LogP contribution >= 0.6 is 11.3 Å². The summed E-state index contributed by atoms with van der Waals surface area (Å²) in [6, 6.07) is 4.20. The van der Waals surface area contributed by atoms with Gasteiger partial charge in [-0.25, -0.2) is 9.78 Å². The van der Waals surface area contributed by atoms with Crippen molar-refractivity contribution in [3.63, 3.8) is 0 Å². The molecule has 112 valence electrons. The van der Waals surface area contributed by atoms with Crippen molar-refractivity contribution in [3.05, 3.63) is 29.3 Å². The number of fused-ring (bicyclic) bond motifs is 1. The van der Waals surface area contributed by atoms with Gasteiger partial charge in [-0.2, -0.15) is 0 Å². The van der Waals surface area contributed by atoms with E-state index in [1.807, 2.05) is 0 Å². The molecule has 2 rings (SSSR count). The van der Waals surface area contributed by atoms with Crippen molar-refractivity contribution in [1.82, 2.24) is 10.3 Å². The van der Waals surface area contributed by atoms with Gasteiger partial charge in [0.1, 0.15) is 6.04 Å². The Morgan fingerprint density at radius 3 is 3.00 bits per heavy atom. The molecule has 2 N–H and O–H groups in total. The van der Waals surface area contributed by atoms with Gasteiger partial charge in [-0.1, -0.05) is 0 Å². The molecule has 0 saturated heterocycles. The fraction of sp³-hybridized carbons (Fsp3) is 0.357. The van der Waals surface area contributed by atoms with Crippen LogP contribution in [0.25, 0.3) is 10.2 Å². The number of aromatic nitrogens is 1. The summed E-state index contributed by atoms with van der Waals surface area (Å²) in [5.74, 6) is -1.44. The van der Waals surface area contributed by atoms with E-state index in [0.29, 0.717) is 25.0 Å². The van der Waals surface area contributed by atoms with Crippen LogP contribution in [0.2, 0.25) is 0 Å². The number of hydrogen-bond acceptors (Lipinski definition) is 5. The number of ether oxygens (including phenoxy) is 1. The van der Waals surface area contributed by atoms with E-state index in [-0.39, 0.29) is 0 Å². The lowest BCUT2D eigenvalue weighted by atomic mass is 10.1. The van der Waals surface area contributed by atoms with Crippen LogP contribution in [0, 0.1) is 0 Å². The third-order valence-electron chi connectivity index (χ3n) is 3.04. The predicted molar refractivity (Wildman–Crippen MR) is 79.6 cm³/mol. The molecule has 0 radical (unpaired) electrons. The maximum absolute atomic E-state index is 12.1. The van der Waals surface area contributed by atoms with Gasteiger partial charge in [-0.15, -0.1) is 11.3 Å². The van der Waals surface area contributed by atoms with E-state index in [1.165, 1.54) is 11.3 Å². The maximum Gasteiger partial charge on any atom is 0.326 e. The van der Waals surface area contributed by atoms with Crippen LogP contribution in [0.5, 0.6) is 0 Å². The SMILES string of the molecule is COCCCC(NC(=O)c1ccc2ncsc2c1)C(=O)O. The number of benzene rings is 1. The summed E-state index contributed by atoms with van der Waals surface area (Å²) >= 11 is 1.44. The number of nitrogens with one attached hydrogen (secondary N) is 1. The fourth-order valence-electron chi connectivity index (χ4n) is 1.93. The lowest BCUT2D eigenvalue weighted by molar-refractivity contribution is -0.139. The zero-order valence-electron chi connectivity index (χ0n) is 11.5. The molecule has 1 aromatic carbocycles. The summed E-state index contributed by atoms with van der Waals surface area (Å²) in [5, 5.41) is 11.7. The summed E-state index contributed by atoms with van der Waals surface area (Å²) in [5.41, 5.74) is 2.97. The average Bonchev–Trinajstić information content (AvgIpc) is 2.93. The molecular formula is C14H16N2O4S. The van der Waals surface area contributed by atoms with E-state index in [9.17, 15) is 9.59 Å². The van der Waals surface area contributed by atoms with Gasteiger partial charge in [0.2, 0.25) is 0 Å². The zero-order chi connectivity index (χ0) is 15.2. The van der Waals surface area contributed by atoms with Crippen LogP contribution in [-0.2, 0) is 9.53 Å². The third-order valence-corrected chi connectivity index (χ3v) is 3.83. The lowest BCUT2D eigenvalue weighted by Crippen LogP contribution is -2.40. The monoisotopic (exact) mass is 308 g/mol. The number of thiazole rings is 1. The van der Waals surface area contributed by atoms with Crippen molar-refractivity contribution in [2.24, 2.45) is 0 Å². The quantitative estimate of drug-likeness (QED) is 0.763. The first-order valence-electron chi connectivity index (χ1n) is 6.47. The highest BCUT2D eigenvalue weighted by Gasteiger charge is 2.20. The Morgan fingerprint density at radius 2 is 2.29 bits per heavy atom. The number of carboxylic acid groups (broad SMARTS) is 1. The Hall–Kier alpha value is -1.99. The second-order valence-electron chi connectivity index (χ2n) is 4.53. The molecule has 1 unspecified atom stereocenters. The number of rotatable bonds is 7. The van der Waals surface area contributed by atoms with Gasteiger partial charge in [0, 0.05) is 19.3 Å². The molecule has 0 aliphatic heterocycles.